The fourth-order valence-electron chi connectivity index (χ4n) is 3.13. The van der Waals surface area contributed by atoms with Gasteiger partial charge < -0.3 is 9.72 Å². The lowest BCUT2D eigenvalue weighted by Crippen LogP contribution is -1.99. The number of aromatic nitrogens is 1. The molecule has 0 amide bonds. The summed E-state index contributed by atoms with van der Waals surface area (Å²) in [6.45, 7) is 0.703. The van der Waals surface area contributed by atoms with Gasteiger partial charge in [-0.05, 0) is 42.0 Å². The van der Waals surface area contributed by atoms with Gasteiger partial charge in [0.25, 0.3) is 0 Å². The highest BCUT2D eigenvalue weighted by Crippen LogP contribution is 2.26. The summed E-state index contributed by atoms with van der Waals surface area (Å²) in [5.41, 5.74) is 2.40. The van der Waals surface area contributed by atoms with E-state index in [0.29, 0.717) is 6.61 Å². The predicted molar refractivity (Wildman–Crippen MR) is 101 cm³/mol. The van der Waals surface area contributed by atoms with Gasteiger partial charge in [-0.3, -0.25) is 0 Å². The van der Waals surface area contributed by atoms with Gasteiger partial charge >= 0.3 is 0 Å². The number of H-pyrrole nitrogens is 1. The van der Waals surface area contributed by atoms with Gasteiger partial charge in [0.05, 0.1) is 6.61 Å². The number of hydrogen-bond donors (Lipinski definition) is 1. The van der Waals surface area contributed by atoms with Crippen molar-refractivity contribution in [2.24, 2.45) is 0 Å². The summed E-state index contributed by atoms with van der Waals surface area (Å²) in [4.78, 5) is 3.29. The largest absolute Gasteiger partial charge is 0.493 e. The Morgan fingerprint density at radius 1 is 0.917 bits per heavy atom. The average molecular weight is 336 g/mol. The molecule has 3 heteroatoms. The number of hydrogen-bond acceptors (Lipinski definition) is 1. The lowest BCUT2D eigenvalue weighted by atomic mass is 10.1. The molecule has 120 valence electrons. The van der Waals surface area contributed by atoms with E-state index in [-0.39, 0.29) is 0 Å². The topological polar surface area (TPSA) is 25.0 Å². The van der Waals surface area contributed by atoms with E-state index < -0.39 is 0 Å². The third kappa shape index (κ3) is 2.98. The third-order valence-electron chi connectivity index (χ3n) is 4.33. The molecule has 0 saturated carbocycles. The molecule has 0 fully saturated rings. The predicted octanol–water partition coefficient (Wildman–Crippen LogP) is 5.99. The Kier molecular flexibility index (Phi) is 4.14. The zero-order valence-electron chi connectivity index (χ0n) is 13.3. The molecule has 1 N–H and O–H groups in total. The first-order valence-corrected chi connectivity index (χ1v) is 8.55. The Morgan fingerprint density at radius 3 is 2.75 bits per heavy atom. The van der Waals surface area contributed by atoms with Crippen molar-refractivity contribution in [2.45, 2.75) is 12.8 Å². The standard InChI is InChI=1S/C21H18ClNO/c22-17-10-11-18-16(14-23-20(18)13-17)7-4-12-24-21-9-3-6-15-5-1-2-8-19(15)21/h1-3,5-6,8-11,13-14,23H,4,7,12H2. The number of aromatic amines is 1. The minimum Gasteiger partial charge on any atom is -0.493 e. The van der Waals surface area contributed by atoms with Gasteiger partial charge in [0.1, 0.15) is 5.75 Å². The van der Waals surface area contributed by atoms with Crippen LogP contribution in [0.25, 0.3) is 21.7 Å². The van der Waals surface area contributed by atoms with Crippen molar-refractivity contribution >= 4 is 33.3 Å². The van der Waals surface area contributed by atoms with Gasteiger partial charge in [-0.2, -0.15) is 0 Å². The number of aryl methyl sites for hydroxylation is 1. The lowest BCUT2D eigenvalue weighted by molar-refractivity contribution is 0.315. The van der Waals surface area contributed by atoms with Crippen molar-refractivity contribution in [2.75, 3.05) is 6.61 Å². The second-order valence-electron chi connectivity index (χ2n) is 5.93. The van der Waals surface area contributed by atoms with Crippen molar-refractivity contribution in [1.82, 2.24) is 4.98 Å². The van der Waals surface area contributed by atoms with Crippen LogP contribution >= 0.6 is 11.6 Å². The fraction of sp³-hybridized carbons (Fsp3) is 0.143. The van der Waals surface area contributed by atoms with Crippen LogP contribution in [0, 0.1) is 0 Å². The first-order valence-electron chi connectivity index (χ1n) is 8.17. The van der Waals surface area contributed by atoms with E-state index in [1.165, 1.54) is 21.7 Å². The Hall–Kier alpha value is -2.45. The Balaban J connectivity index is 1.42. The van der Waals surface area contributed by atoms with Crippen LogP contribution in [-0.2, 0) is 6.42 Å². The number of fused-ring (bicyclic) bond motifs is 2. The van der Waals surface area contributed by atoms with Gasteiger partial charge in [0.15, 0.2) is 0 Å². The molecule has 4 aromatic rings. The van der Waals surface area contributed by atoms with E-state index in [2.05, 4.69) is 41.5 Å². The van der Waals surface area contributed by atoms with E-state index in [4.69, 9.17) is 16.3 Å². The van der Waals surface area contributed by atoms with Crippen molar-refractivity contribution in [3.63, 3.8) is 0 Å². The van der Waals surface area contributed by atoms with E-state index >= 15 is 0 Å². The highest BCUT2D eigenvalue weighted by atomic mass is 35.5. The molecule has 4 rings (SSSR count). The van der Waals surface area contributed by atoms with E-state index in [9.17, 15) is 0 Å². The molecule has 24 heavy (non-hydrogen) atoms. The van der Waals surface area contributed by atoms with Crippen LogP contribution in [0.4, 0.5) is 0 Å². The molecule has 0 aliphatic rings. The molecule has 1 heterocycles. The Bertz CT molecular complexity index is 984. The molecule has 0 radical (unpaired) electrons. The van der Waals surface area contributed by atoms with Crippen LogP contribution < -0.4 is 4.74 Å². The van der Waals surface area contributed by atoms with Crippen LogP contribution in [0.5, 0.6) is 5.75 Å². The average Bonchev–Trinajstić information content (AvgIpc) is 3.01. The third-order valence-corrected chi connectivity index (χ3v) is 4.56. The monoisotopic (exact) mass is 335 g/mol. The van der Waals surface area contributed by atoms with Crippen LogP contribution in [0.15, 0.2) is 66.9 Å². The molecule has 0 bridgehead atoms. The Morgan fingerprint density at radius 2 is 1.79 bits per heavy atom. The van der Waals surface area contributed by atoms with Gasteiger partial charge in [-0.15, -0.1) is 0 Å². The van der Waals surface area contributed by atoms with Crippen molar-refractivity contribution in [3.05, 3.63) is 77.4 Å². The molecule has 0 aliphatic heterocycles. The van der Waals surface area contributed by atoms with E-state index in [1.807, 2.05) is 30.3 Å². The SMILES string of the molecule is Clc1ccc2c(CCCOc3cccc4ccccc34)c[nH]c2c1. The maximum Gasteiger partial charge on any atom is 0.127 e. The van der Waals surface area contributed by atoms with Crippen molar-refractivity contribution < 1.29 is 4.74 Å². The minimum absolute atomic E-state index is 0.703. The van der Waals surface area contributed by atoms with Gasteiger partial charge in [-0.25, -0.2) is 0 Å². The number of halogens is 1. The molecule has 3 aromatic carbocycles. The zero-order chi connectivity index (χ0) is 16.4. The number of benzene rings is 3. The number of rotatable bonds is 5. The first kappa shape index (κ1) is 15.1. The van der Waals surface area contributed by atoms with Crippen LogP contribution in [0.1, 0.15) is 12.0 Å². The first-order chi connectivity index (χ1) is 11.8. The molecule has 0 aliphatic carbocycles. The second-order valence-corrected chi connectivity index (χ2v) is 6.37. The van der Waals surface area contributed by atoms with Crippen molar-refractivity contribution in [3.8, 4) is 5.75 Å². The summed E-state index contributed by atoms with van der Waals surface area (Å²) in [5.74, 6) is 0.957. The van der Waals surface area contributed by atoms with Crippen molar-refractivity contribution in [1.29, 1.82) is 0 Å². The Labute approximate surface area is 146 Å². The number of nitrogens with one attached hydrogen (secondary N) is 1. The summed E-state index contributed by atoms with van der Waals surface area (Å²) in [6, 6.07) is 20.5. The molecule has 0 atom stereocenters. The van der Waals surface area contributed by atoms with Crippen LogP contribution in [-0.4, -0.2) is 11.6 Å². The van der Waals surface area contributed by atoms with Crippen LogP contribution in [0.3, 0.4) is 0 Å². The lowest BCUT2D eigenvalue weighted by Gasteiger charge is -2.09. The highest BCUT2D eigenvalue weighted by Gasteiger charge is 2.05. The van der Waals surface area contributed by atoms with Gasteiger partial charge in [-0.1, -0.05) is 54.1 Å². The molecular formula is C21H18ClNO. The normalized spacial score (nSPS) is 11.2. The summed E-state index contributed by atoms with van der Waals surface area (Å²) < 4.78 is 6.02. The summed E-state index contributed by atoms with van der Waals surface area (Å²) in [5, 5.41) is 4.38. The summed E-state index contributed by atoms with van der Waals surface area (Å²) in [7, 11) is 0. The molecule has 0 spiro atoms. The molecular weight excluding hydrogens is 318 g/mol. The van der Waals surface area contributed by atoms with Gasteiger partial charge in [0.2, 0.25) is 0 Å². The highest BCUT2D eigenvalue weighted by molar-refractivity contribution is 6.31. The maximum atomic E-state index is 6.03. The minimum atomic E-state index is 0.703. The van der Waals surface area contributed by atoms with E-state index in [0.717, 1.165) is 29.1 Å². The molecule has 0 unspecified atom stereocenters. The second kappa shape index (κ2) is 6.58. The van der Waals surface area contributed by atoms with E-state index in [1.54, 1.807) is 0 Å². The fourth-order valence-corrected chi connectivity index (χ4v) is 3.30. The molecule has 2 nitrogen and oxygen atoms in total. The van der Waals surface area contributed by atoms with Crippen LogP contribution in [0.2, 0.25) is 5.02 Å². The molecule has 1 aromatic heterocycles. The quantitative estimate of drug-likeness (QED) is 0.445. The number of ether oxygens (including phenoxy) is 1. The summed E-state index contributed by atoms with van der Waals surface area (Å²) in [6.07, 6.45) is 4.02. The maximum absolute atomic E-state index is 6.03. The van der Waals surface area contributed by atoms with Gasteiger partial charge in [0, 0.05) is 27.5 Å². The smallest absolute Gasteiger partial charge is 0.127 e. The summed E-state index contributed by atoms with van der Waals surface area (Å²) >= 11 is 6.03. The molecule has 0 saturated heterocycles. The zero-order valence-corrected chi connectivity index (χ0v) is 14.0.